The van der Waals surface area contributed by atoms with E-state index in [2.05, 4.69) is 40.1 Å². The normalized spacial score (nSPS) is 24.1. The Balaban J connectivity index is 1.52. The third-order valence-corrected chi connectivity index (χ3v) is 4.41. The Bertz CT molecular complexity index is 392. The lowest BCUT2D eigenvalue weighted by Gasteiger charge is -2.51. The molecule has 2 fully saturated rings. The molecule has 2 saturated heterocycles. The summed E-state index contributed by atoms with van der Waals surface area (Å²) in [5.41, 5.74) is 7.46. The van der Waals surface area contributed by atoms with Crippen molar-refractivity contribution < 1.29 is 4.74 Å². The van der Waals surface area contributed by atoms with Crippen LogP contribution in [-0.2, 0) is 11.3 Å². The smallest absolute Gasteiger partial charge is 0.0803 e. The lowest BCUT2D eigenvalue weighted by molar-refractivity contribution is -0.144. The molecule has 0 aromatic heterocycles. The summed E-state index contributed by atoms with van der Waals surface area (Å²) in [6.07, 6.45) is 0. The molecule has 0 saturated carbocycles. The second-order valence-corrected chi connectivity index (χ2v) is 5.67. The summed E-state index contributed by atoms with van der Waals surface area (Å²) < 4.78 is 5.37. The van der Waals surface area contributed by atoms with Gasteiger partial charge in [0.25, 0.3) is 0 Å². The van der Waals surface area contributed by atoms with Gasteiger partial charge in [-0.05, 0) is 5.56 Å². The molecule has 0 bridgehead atoms. The van der Waals surface area contributed by atoms with Gasteiger partial charge in [-0.2, -0.15) is 0 Å². The van der Waals surface area contributed by atoms with E-state index in [0.29, 0.717) is 6.54 Å². The Morgan fingerprint density at radius 3 is 2.26 bits per heavy atom. The first-order valence-electron chi connectivity index (χ1n) is 7.12. The highest BCUT2D eigenvalue weighted by Crippen LogP contribution is 2.25. The minimum atomic E-state index is 0.138. The maximum atomic E-state index is 5.92. The van der Waals surface area contributed by atoms with E-state index < -0.39 is 0 Å². The zero-order chi connectivity index (χ0) is 13.1. The predicted octanol–water partition coefficient (Wildman–Crippen LogP) is 0.532. The topological polar surface area (TPSA) is 41.7 Å². The SMILES string of the molecule is NCC1(N2CCN(Cc3ccccc3)CC2)COC1. The number of benzene rings is 1. The van der Waals surface area contributed by atoms with Crippen molar-refractivity contribution in [3.8, 4) is 0 Å². The summed E-state index contributed by atoms with van der Waals surface area (Å²) in [6.45, 7) is 7.84. The number of rotatable bonds is 4. The lowest BCUT2D eigenvalue weighted by Crippen LogP contribution is -2.69. The van der Waals surface area contributed by atoms with Crippen LogP contribution in [0.25, 0.3) is 0 Å². The molecular formula is C15H23N3O. The molecule has 0 unspecified atom stereocenters. The van der Waals surface area contributed by atoms with Gasteiger partial charge in [0.05, 0.1) is 18.8 Å². The third-order valence-electron chi connectivity index (χ3n) is 4.41. The van der Waals surface area contributed by atoms with Crippen LogP contribution < -0.4 is 5.73 Å². The largest absolute Gasteiger partial charge is 0.377 e. The van der Waals surface area contributed by atoms with Crippen molar-refractivity contribution in [2.24, 2.45) is 5.73 Å². The maximum Gasteiger partial charge on any atom is 0.0803 e. The fourth-order valence-electron chi connectivity index (χ4n) is 2.99. The van der Waals surface area contributed by atoms with Crippen molar-refractivity contribution in [2.45, 2.75) is 12.1 Å². The van der Waals surface area contributed by atoms with Gasteiger partial charge in [0.15, 0.2) is 0 Å². The highest BCUT2D eigenvalue weighted by Gasteiger charge is 2.43. The van der Waals surface area contributed by atoms with Crippen LogP contribution in [0.3, 0.4) is 0 Å². The molecule has 4 heteroatoms. The standard InChI is InChI=1S/C15H23N3O/c16-11-15(12-19-13-15)18-8-6-17(7-9-18)10-14-4-2-1-3-5-14/h1-5H,6-13,16H2. The quantitative estimate of drug-likeness (QED) is 0.858. The van der Waals surface area contributed by atoms with Crippen molar-refractivity contribution in [3.05, 3.63) is 35.9 Å². The minimum absolute atomic E-state index is 0.138. The van der Waals surface area contributed by atoms with Crippen LogP contribution >= 0.6 is 0 Å². The highest BCUT2D eigenvalue weighted by atomic mass is 16.5. The molecule has 0 aliphatic carbocycles. The molecule has 2 N–H and O–H groups in total. The van der Waals surface area contributed by atoms with Crippen LogP contribution in [0.5, 0.6) is 0 Å². The molecule has 2 aliphatic rings. The van der Waals surface area contributed by atoms with Gasteiger partial charge < -0.3 is 10.5 Å². The zero-order valence-corrected chi connectivity index (χ0v) is 11.4. The Morgan fingerprint density at radius 2 is 1.74 bits per heavy atom. The lowest BCUT2D eigenvalue weighted by atomic mass is 9.94. The minimum Gasteiger partial charge on any atom is -0.377 e. The van der Waals surface area contributed by atoms with Crippen LogP contribution in [-0.4, -0.2) is 61.3 Å². The van der Waals surface area contributed by atoms with E-state index in [1.807, 2.05) is 0 Å². The Hall–Kier alpha value is -0.940. The van der Waals surface area contributed by atoms with Gasteiger partial charge in [-0.3, -0.25) is 9.80 Å². The van der Waals surface area contributed by atoms with Crippen molar-refractivity contribution >= 4 is 0 Å². The molecule has 1 aromatic rings. The first-order valence-corrected chi connectivity index (χ1v) is 7.12. The second kappa shape index (κ2) is 5.59. The van der Waals surface area contributed by atoms with Gasteiger partial charge >= 0.3 is 0 Å². The van der Waals surface area contributed by atoms with Crippen LogP contribution in [0.2, 0.25) is 0 Å². The maximum absolute atomic E-state index is 5.92. The summed E-state index contributed by atoms with van der Waals surface area (Å²) >= 11 is 0. The van der Waals surface area contributed by atoms with E-state index in [0.717, 1.165) is 45.9 Å². The molecule has 0 atom stereocenters. The van der Waals surface area contributed by atoms with Crippen LogP contribution in [0.15, 0.2) is 30.3 Å². The molecule has 0 spiro atoms. The number of hydrogen-bond acceptors (Lipinski definition) is 4. The zero-order valence-electron chi connectivity index (χ0n) is 11.4. The molecule has 2 heterocycles. The summed E-state index contributed by atoms with van der Waals surface area (Å²) in [4.78, 5) is 5.05. The summed E-state index contributed by atoms with van der Waals surface area (Å²) in [6, 6.07) is 10.7. The molecule has 0 radical (unpaired) electrons. The van der Waals surface area contributed by atoms with Crippen LogP contribution in [0.4, 0.5) is 0 Å². The summed E-state index contributed by atoms with van der Waals surface area (Å²) in [5, 5.41) is 0. The van der Waals surface area contributed by atoms with Gasteiger partial charge in [0, 0.05) is 39.3 Å². The molecule has 1 aromatic carbocycles. The van der Waals surface area contributed by atoms with E-state index in [1.54, 1.807) is 0 Å². The van der Waals surface area contributed by atoms with Crippen molar-refractivity contribution in [3.63, 3.8) is 0 Å². The first-order chi connectivity index (χ1) is 9.32. The van der Waals surface area contributed by atoms with Gasteiger partial charge in [0.1, 0.15) is 0 Å². The molecule has 0 amide bonds. The van der Waals surface area contributed by atoms with E-state index in [1.165, 1.54) is 5.56 Å². The van der Waals surface area contributed by atoms with Gasteiger partial charge in [-0.15, -0.1) is 0 Å². The predicted molar refractivity (Wildman–Crippen MR) is 75.9 cm³/mol. The van der Waals surface area contributed by atoms with E-state index in [-0.39, 0.29) is 5.54 Å². The number of nitrogens with two attached hydrogens (primary N) is 1. The highest BCUT2D eigenvalue weighted by molar-refractivity contribution is 5.14. The number of nitrogens with zero attached hydrogens (tertiary/aromatic N) is 2. The Labute approximate surface area is 115 Å². The average molecular weight is 261 g/mol. The van der Waals surface area contributed by atoms with Crippen molar-refractivity contribution in [2.75, 3.05) is 45.9 Å². The third kappa shape index (κ3) is 2.67. The van der Waals surface area contributed by atoms with E-state index in [4.69, 9.17) is 10.5 Å². The average Bonchev–Trinajstić information content (AvgIpc) is 2.41. The van der Waals surface area contributed by atoms with Crippen molar-refractivity contribution in [1.29, 1.82) is 0 Å². The molecule has 104 valence electrons. The monoisotopic (exact) mass is 261 g/mol. The Morgan fingerprint density at radius 1 is 1.05 bits per heavy atom. The fourth-order valence-corrected chi connectivity index (χ4v) is 2.99. The van der Waals surface area contributed by atoms with Crippen LogP contribution in [0, 0.1) is 0 Å². The molecule has 3 rings (SSSR count). The first kappa shape index (κ1) is 13.1. The Kier molecular flexibility index (Phi) is 3.84. The number of ether oxygens (including phenoxy) is 1. The molecule has 2 aliphatic heterocycles. The van der Waals surface area contributed by atoms with Gasteiger partial charge in [-0.1, -0.05) is 30.3 Å². The molecular weight excluding hydrogens is 238 g/mol. The van der Waals surface area contributed by atoms with Gasteiger partial charge in [-0.25, -0.2) is 0 Å². The van der Waals surface area contributed by atoms with E-state index in [9.17, 15) is 0 Å². The summed E-state index contributed by atoms with van der Waals surface area (Å²) in [5.74, 6) is 0. The second-order valence-electron chi connectivity index (χ2n) is 5.67. The number of piperazine rings is 1. The molecule has 4 nitrogen and oxygen atoms in total. The van der Waals surface area contributed by atoms with Crippen LogP contribution in [0.1, 0.15) is 5.56 Å². The van der Waals surface area contributed by atoms with E-state index >= 15 is 0 Å². The fraction of sp³-hybridized carbons (Fsp3) is 0.600. The van der Waals surface area contributed by atoms with Gasteiger partial charge in [0.2, 0.25) is 0 Å². The summed E-state index contributed by atoms with van der Waals surface area (Å²) in [7, 11) is 0. The van der Waals surface area contributed by atoms with Crippen molar-refractivity contribution in [1.82, 2.24) is 9.80 Å². The molecule has 19 heavy (non-hydrogen) atoms. The number of hydrogen-bond donors (Lipinski definition) is 1.